The van der Waals surface area contributed by atoms with Crippen LogP contribution in [0.3, 0.4) is 0 Å². The fourth-order valence-electron chi connectivity index (χ4n) is 1.04. The monoisotopic (exact) mass is 303 g/mol. The van der Waals surface area contributed by atoms with Crippen LogP contribution in [-0.2, 0) is 0 Å². The molecule has 3 N–H and O–H groups in total. The summed E-state index contributed by atoms with van der Waals surface area (Å²) >= 11 is 4.97. The highest BCUT2D eigenvalue weighted by Crippen LogP contribution is 2.32. The van der Waals surface area contributed by atoms with Gasteiger partial charge in [-0.05, 0) is 31.0 Å². The number of nitrogens with two attached hydrogens (primary N) is 1. The van der Waals surface area contributed by atoms with Crippen LogP contribution in [0, 0.1) is 5.92 Å². The van der Waals surface area contributed by atoms with Gasteiger partial charge in [0.25, 0.3) is 0 Å². The minimum Gasteiger partial charge on any atom is -0.398 e. The molecule has 1 aromatic carbocycles. The van der Waals surface area contributed by atoms with Crippen LogP contribution < -0.4 is 5.73 Å². The maximum absolute atomic E-state index is 10.1. The fraction of sp³-hybridized carbons (Fsp3) is 0.500. The van der Waals surface area contributed by atoms with E-state index < -0.39 is 5.60 Å². The van der Waals surface area contributed by atoms with Crippen molar-refractivity contribution in [3.8, 4) is 0 Å². The van der Waals surface area contributed by atoms with E-state index in [-0.39, 0.29) is 5.92 Å². The molecule has 1 aromatic rings. The van der Waals surface area contributed by atoms with Gasteiger partial charge in [0, 0.05) is 20.8 Å². The summed E-state index contributed by atoms with van der Waals surface area (Å²) in [4.78, 5) is 1.02. The first kappa shape index (κ1) is 13.9. The lowest BCUT2D eigenvalue weighted by Crippen LogP contribution is -2.33. The molecular formula is C12H18BrNOS. The lowest BCUT2D eigenvalue weighted by Gasteiger charge is -2.27. The van der Waals surface area contributed by atoms with Crippen LogP contribution in [-0.4, -0.2) is 16.5 Å². The Morgan fingerprint density at radius 1 is 1.50 bits per heavy atom. The number of halogens is 1. The number of anilines is 1. The summed E-state index contributed by atoms with van der Waals surface area (Å²) in [7, 11) is 0. The van der Waals surface area contributed by atoms with E-state index in [0.717, 1.165) is 15.1 Å². The third-order valence-electron chi connectivity index (χ3n) is 2.74. The smallest absolute Gasteiger partial charge is 0.0736 e. The molecule has 0 bridgehead atoms. The summed E-state index contributed by atoms with van der Waals surface area (Å²) in [5, 5.41) is 10.1. The van der Waals surface area contributed by atoms with E-state index in [1.54, 1.807) is 11.8 Å². The van der Waals surface area contributed by atoms with E-state index in [4.69, 9.17) is 5.73 Å². The van der Waals surface area contributed by atoms with Crippen molar-refractivity contribution in [2.24, 2.45) is 5.92 Å². The molecule has 90 valence electrons. The van der Waals surface area contributed by atoms with Crippen molar-refractivity contribution in [3.05, 3.63) is 22.7 Å². The number of hydrogen-bond acceptors (Lipinski definition) is 3. The van der Waals surface area contributed by atoms with Gasteiger partial charge in [-0.2, -0.15) is 0 Å². The van der Waals surface area contributed by atoms with Crippen LogP contribution >= 0.6 is 27.7 Å². The molecule has 0 heterocycles. The molecule has 1 rings (SSSR count). The Bertz CT molecular complexity index is 366. The minimum absolute atomic E-state index is 0.233. The highest BCUT2D eigenvalue weighted by molar-refractivity contribution is 9.10. The lowest BCUT2D eigenvalue weighted by atomic mass is 9.95. The summed E-state index contributed by atoms with van der Waals surface area (Å²) in [6.07, 6.45) is 0. The molecule has 0 aromatic heterocycles. The zero-order valence-corrected chi connectivity index (χ0v) is 12.2. The van der Waals surface area contributed by atoms with E-state index in [1.165, 1.54) is 0 Å². The van der Waals surface area contributed by atoms with Gasteiger partial charge < -0.3 is 10.8 Å². The van der Waals surface area contributed by atoms with Crippen molar-refractivity contribution >= 4 is 33.4 Å². The van der Waals surface area contributed by atoms with Crippen LogP contribution in [0.1, 0.15) is 20.8 Å². The first-order valence-electron chi connectivity index (χ1n) is 5.23. The van der Waals surface area contributed by atoms with Crippen molar-refractivity contribution in [1.82, 2.24) is 0 Å². The first-order valence-corrected chi connectivity index (χ1v) is 7.01. The van der Waals surface area contributed by atoms with Crippen molar-refractivity contribution in [2.75, 3.05) is 11.5 Å². The van der Waals surface area contributed by atoms with Gasteiger partial charge in [-0.25, -0.2) is 0 Å². The predicted octanol–water partition coefficient (Wildman–Crippen LogP) is 3.53. The predicted molar refractivity (Wildman–Crippen MR) is 74.7 cm³/mol. The Morgan fingerprint density at radius 2 is 2.12 bits per heavy atom. The highest BCUT2D eigenvalue weighted by Gasteiger charge is 2.25. The lowest BCUT2D eigenvalue weighted by molar-refractivity contribution is 0.0376. The molecular weight excluding hydrogens is 286 g/mol. The van der Waals surface area contributed by atoms with Gasteiger partial charge >= 0.3 is 0 Å². The van der Waals surface area contributed by atoms with Crippen LogP contribution in [0.4, 0.5) is 5.69 Å². The number of benzene rings is 1. The van der Waals surface area contributed by atoms with Crippen LogP contribution in [0.25, 0.3) is 0 Å². The Balaban J connectivity index is 2.68. The van der Waals surface area contributed by atoms with Gasteiger partial charge in [-0.3, -0.25) is 0 Å². The molecule has 0 saturated heterocycles. The largest absolute Gasteiger partial charge is 0.398 e. The number of rotatable bonds is 4. The van der Waals surface area contributed by atoms with Gasteiger partial charge in [-0.15, -0.1) is 11.8 Å². The summed E-state index contributed by atoms with van der Waals surface area (Å²) in [5.74, 6) is 0.882. The maximum atomic E-state index is 10.1. The summed E-state index contributed by atoms with van der Waals surface area (Å²) in [6, 6.07) is 5.82. The average Bonchev–Trinajstić information content (AvgIpc) is 2.16. The zero-order valence-electron chi connectivity index (χ0n) is 9.83. The standard InChI is InChI=1S/C12H18BrNOS/c1-8(2)12(3,15)7-16-11-5-4-9(13)6-10(11)14/h4-6,8,15H,7,14H2,1-3H3. The third kappa shape index (κ3) is 3.68. The van der Waals surface area contributed by atoms with Crippen molar-refractivity contribution in [1.29, 1.82) is 0 Å². The Labute approximate surface area is 110 Å². The molecule has 1 unspecified atom stereocenters. The van der Waals surface area contributed by atoms with Gasteiger partial charge in [0.15, 0.2) is 0 Å². The maximum Gasteiger partial charge on any atom is 0.0736 e. The van der Waals surface area contributed by atoms with Gasteiger partial charge in [0.2, 0.25) is 0 Å². The van der Waals surface area contributed by atoms with E-state index in [9.17, 15) is 5.11 Å². The molecule has 0 fully saturated rings. The molecule has 0 amide bonds. The Morgan fingerprint density at radius 3 is 2.62 bits per heavy atom. The minimum atomic E-state index is -0.663. The number of aliphatic hydroxyl groups is 1. The summed E-state index contributed by atoms with van der Waals surface area (Å²) in [6.45, 7) is 5.90. The van der Waals surface area contributed by atoms with Gasteiger partial charge in [0.05, 0.1) is 5.60 Å². The number of hydrogen-bond donors (Lipinski definition) is 2. The van der Waals surface area contributed by atoms with E-state index in [0.29, 0.717) is 5.75 Å². The molecule has 1 atom stereocenters. The first-order chi connectivity index (χ1) is 7.33. The molecule has 0 aliphatic carbocycles. The van der Waals surface area contributed by atoms with Gasteiger partial charge in [0.1, 0.15) is 0 Å². The molecule has 4 heteroatoms. The molecule has 0 radical (unpaired) electrons. The molecule has 0 saturated carbocycles. The highest BCUT2D eigenvalue weighted by atomic mass is 79.9. The normalized spacial score (nSPS) is 15.1. The van der Waals surface area contributed by atoms with Crippen molar-refractivity contribution in [3.63, 3.8) is 0 Å². The quantitative estimate of drug-likeness (QED) is 0.661. The molecule has 2 nitrogen and oxygen atoms in total. The molecule has 0 aliphatic rings. The number of nitrogen functional groups attached to an aromatic ring is 1. The molecule has 0 aliphatic heterocycles. The van der Waals surface area contributed by atoms with E-state index >= 15 is 0 Å². The second-order valence-electron chi connectivity index (χ2n) is 4.48. The zero-order chi connectivity index (χ0) is 12.3. The van der Waals surface area contributed by atoms with Crippen LogP contribution in [0.15, 0.2) is 27.6 Å². The Kier molecular flexibility index (Phi) is 4.71. The second-order valence-corrected chi connectivity index (χ2v) is 6.42. The summed E-state index contributed by atoms with van der Waals surface area (Å²) in [5.41, 5.74) is 5.98. The average molecular weight is 304 g/mol. The number of thioether (sulfide) groups is 1. The third-order valence-corrected chi connectivity index (χ3v) is 4.64. The van der Waals surface area contributed by atoms with Crippen molar-refractivity contribution in [2.45, 2.75) is 31.3 Å². The molecule has 16 heavy (non-hydrogen) atoms. The Hall–Kier alpha value is -0.190. The van der Waals surface area contributed by atoms with Crippen molar-refractivity contribution < 1.29 is 5.11 Å². The summed E-state index contributed by atoms with van der Waals surface area (Å²) < 4.78 is 0.977. The van der Waals surface area contributed by atoms with Crippen LogP contribution in [0.2, 0.25) is 0 Å². The fourth-order valence-corrected chi connectivity index (χ4v) is 2.59. The van der Waals surface area contributed by atoms with E-state index in [1.807, 2.05) is 39.0 Å². The van der Waals surface area contributed by atoms with Gasteiger partial charge in [-0.1, -0.05) is 29.8 Å². The molecule has 0 spiro atoms. The van der Waals surface area contributed by atoms with E-state index in [2.05, 4.69) is 15.9 Å². The topological polar surface area (TPSA) is 46.2 Å². The SMILES string of the molecule is CC(C)C(C)(O)CSc1ccc(Br)cc1N. The van der Waals surface area contributed by atoms with Crippen LogP contribution in [0.5, 0.6) is 0 Å². The second kappa shape index (κ2) is 5.43.